The fourth-order valence-electron chi connectivity index (χ4n) is 3.99. The van der Waals surface area contributed by atoms with E-state index in [-0.39, 0.29) is 18.1 Å². The third-order valence-electron chi connectivity index (χ3n) is 5.99. The zero-order valence-corrected chi connectivity index (χ0v) is 21.3. The number of hydrogen-bond acceptors (Lipinski definition) is 8. The molecule has 1 amide bonds. The molecule has 11 nitrogen and oxygen atoms in total. The number of benzene rings is 2. The molecular weight excluding hydrogens is 492 g/mol. The van der Waals surface area contributed by atoms with Gasteiger partial charge in [0.2, 0.25) is 0 Å². The number of methoxy groups -OCH3 is 1. The van der Waals surface area contributed by atoms with Crippen molar-refractivity contribution < 1.29 is 28.4 Å². The number of nitrogens with zero attached hydrogens (tertiary/aromatic N) is 3. The predicted molar refractivity (Wildman–Crippen MR) is 137 cm³/mol. The smallest absolute Gasteiger partial charge is 0.338 e. The maximum Gasteiger partial charge on any atom is 0.338 e. The highest BCUT2D eigenvalue weighted by molar-refractivity contribution is 6.03. The van der Waals surface area contributed by atoms with E-state index in [4.69, 9.17) is 13.9 Å². The van der Waals surface area contributed by atoms with Crippen LogP contribution < -0.4 is 10.1 Å². The Morgan fingerprint density at radius 3 is 2.58 bits per heavy atom. The molecule has 2 heterocycles. The standard InChI is InChI=1S/C27H26N4O7/c1-16-13-20(9-11-23(16)31(34)35)37-15-21-10-12-24(38-21)26(32)28-25-17(2)29-30(18(25)3)14-19-7-5-6-8-22(19)27(33)36-4/h5-13H,14-15H2,1-4H3,(H,28,32). The fraction of sp³-hybridized carbons (Fsp3) is 0.222. The van der Waals surface area contributed by atoms with Crippen LogP contribution in [0.1, 0.15) is 49.2 Å². The molecule has 4 rings (SSSR count). The fourth-order valence-corrected chi connectivity index (χ4v) is 3.99. The van der Waals surface area contributed by atoms with Crippen molar-refractivity contribution in [1.82, 2.24) is 9.78 Å². The van der Waals surface area contributed by atoms with Crippen LogP contribution >= 0.6 is 0 Å². The number of nitrogens with one attached hydrogen (secondary N) is 1. The summed E-state index contributed by atoms with van der Waals surface area (Å²) in [5.74, 6) is 0.0591. The molecule has 0 aliphatic heterocycles. The number of anilines is 1. The van der Waals surface area contributed by atoms with Gasteiger partial charge in [-0.1, -0.05) is 18.2 Å². The average Bonchev–Trinajstić information content (AvgIpc) is 3.47. The monoisotopic (exact) mass is 518 g/mol. The number of hydrogen-bond donors (Lipinski definition) is 1. The molecule has 2 aromatic heterocycles. The van der Waals surface area contributed by atoms with E-state index in [1.165, 1.54) is 25.3 Å². The number of esters is 1. The van der Waals surface area contributed by atoms with Crippen LogP contribution in [0.4, 0.5) is 11.4 Å². The normalized spacial score (nSPS) is 10.7. The zero-order chi connectivity index (χ0) is 27.4. The van der Waals surface area contributed by atoms with Crippen LogP contribution in [-0.2, 0) is 17.9 Å². The first-order valence-electron chi connectivity index (χ1n) is 11.7. The minimum atomic E-state index is -0.455. The molecule has 0 aliphatic carbocycles. The first-order chi connectivity index (χ1) is 18.2. The van der Waals surface area contributed by atoms with Crippen molar-refractivity contribution in [3.8, 4) is 5.75 Å². The molecule has 1 N–H and O–H groups in total. The van der Waals surface area contributed by atoms with Crippen molar-refractivity contribution in [2.45, 2.75) is 33.9 Å². The second kappa shape index (κ2) is 11.0. The number of amides is 1. The van der Waals surface area contributed by atoms with Crippen molar-refractivity contribution in [1.29, 1.82) is 0 Å². The molecule has 11 heteroatoms. The number of nitro groups is 1. The average molecular weight is 519 g/mol. The van der Waals surface area contributed by atoms with Gasteiger partial charge in [0, 0.05) is 11.6 Å². The molecule has 4 aromatic rings. The van der Waals surface area contributed by atoms with Gasteiger partial charge in [-0.15, -0.1) is 0 Å². The van der Waals surface area contributed by atoms with Crippen LogP contribution in [-0.4, -0.2) is 33.7 Å². The third kappa shape index (κ3) is 5.56. The van der Waals surface area contributed by atoms with E-state index < -0.39 is 16.8 Å². The summed E-state index contributed by atoms with van der Waals surface area (Å²) >= 11 is 0. The van der Waals surface area contributed by atoms with Gasteiger partial charge in [0.05, 0.1) is 41.2 Å². The number of carbonyl (C=O) groups is 2. The van der Waals surface area contributed by atoms with Gasteiger partial charge in [0.1, 0.15) is 18.1 Å². The van der Waals surface area contributed by atoms with E-state index in [0.29, 0.717) is 46.3 Å². The lowest BCUT2D eigenvalue weighted by atomic mass is 10.1. The summed E-state index contributed by atoms with van der Waals surface area (Å²) < 4.78 is 17.9. The molecular formula is C27H26N4O7. The molecule has 0 bridgehead atoms. The Hall–Kier alpha value is -4.93. The van der Waals surface area contributed by atoms with Crippen LogP contribution in [0.15, 0.2) is 59.0 Å². The van der Waals surface area contributed by atoms with E-state index in [9.17, 15) is 19.7 Å². The van der Waals surface area contributed by atoms with Gasteiger partial charge in [0.25, 0.3) is 11.6 Å². The lowest BCUT2D eigenvalue weighted by molar-refractivity contribution is -0.385. The summed E-state index contributed by atoms with van der Waals surface area (Å²) in [6.45, 7) is 5.59. The molecule has 196 valence electrons. The van der Waals surface area contributed by atoms with Gasteiger partial charge in [0.15, 0.2) is 5.76 Å². The van der Waals surface area contributed by atoms with Gasteiger partial charge in [-0.05, 0) is 56.7 Å². The summed E-state index contributed by atoms with van der Waals surface area (Å²) in [4.78, 5) is 35.5. The van der Waals surface area contributed by atoms with Crippen LogP contribution in [0.2, 0.25) is 0 Å². The first-order valence-corrected chi connectivity index (χ1v) is 11.7. The summed E-state index contributed by atoms with van der Waals surface area (Å²) in [5.41, 5.74) is 3.53. The lowest BCUT2D eigenvalue weighted by Crippen LogP contribution is -2.13. The summed E-state index contributed by atoms with van der Waals surface area (Å²) in [7, 11) is 1.33. The van der Waals surface area contributed by atoms with Crippen molar-refractivity contribution in [2.75, 3.05) is 12.4 Å². The maximum absolute atomic E-state index is 12.9. The van der Waals surface area contributed by atoms with Crippen molar-refractivity contribution in [3.05, 3.63) is 104 Å². The first kappa shape index (κ1) is 26.1. The largest absolute Gasteiger partial charge is 0.486 e. The van der Waals surface area contributed by atoms with Crippen LogP contribution in [0.25, 0.3) is 0 Å². The van der Waals surface area contributed by atoms with E-state index in [0.717, 1.165) is 5.56 Å². The zero-order valence-electron chi connectivity index (χ0n) is 21.3. The Bertz CT molecular complexity index is 1520. The highest BCUT2D eigenvalue weighted by Crippen LogP contribution is 2.25. The molecule has 0 spiro atoms. The Labute approximate surface area is 218 Å². The van der Waals surface area contributed by atoms with Crippen LogP contribution in [0, 0.1) is 30.9 Å². The highest BCUT2D eigenvalue weighted by Gasteiger charge is 2.20. The number of aryl methyl sites for hydroxylation is 2. The number of carbonyl (C=O) groups excluding carboxylic acids is 2. The van der Waals surface area contributed by atoms with Gasteiger partial charge < -0.3 is 19.2 Å². The molecule has 38 heavy (non-hydrogen) atoms. The number of nitro benzene ring substituents is 1. The SMILES string of the molecule is COC(=O)c1ccccc1Cn1nc(C)c(NC(=O)c2ccc(COc3ccc([N+](=O)[O-])c(C)c3)o2)c1C. The molecule has 0 atom stereocenters. The molecule has 0 saturated carbocycles. The molecule has 0 unspecified atom stereocenters. The minimum absolute atomic E-state index is 0.0101. The number of furan rings is 1. The van der Waals surface area contributed by atoms with E-state index in [1.54, 1.807) is 42.8 Å². The molecule has 0 fully saturated rings. The molecule has 0 aliphatic rings. The quantitative estimate of drug-likeness (QED) is 0.186. The van der Waals surface area contributed by atoms with E-state index >= 15 is 0 Å². The second-order valence-corrected chi connectivity index (χ2v) is 8.57. The Kier molecular flexibility index (Phi) is 7.56. The van der Waals surface area contributed by atoms with Crippen molar-refractivity contribution in [2.24, 2.45) is 0 Å². The molecule has 0 radical (unpaired) electrons. The summed E-state index contributed by atoms with van der Waals surface area (Å²) in [6.07, 6.45) is 0. The van der Waals surface area contributed by atoms with Crippen molar-refractivity contribution in [3.63, 3.8) is 0 Å². The second-order valence-electron chi connectivity index (χ2n) is 8.57. The van der Waals surface area contributed by atoms with E-state index in [1.807, 2.05) is 19.1 Å². The highest BCUT2D eigenvalue weighted by atomic mass is 16.6. The van der Waals surface area contributed by atoms with Crippen LogP contribution in [0.3, 0.4) is 0 Å². The van der Waals surface area contributed by atoms with Crippen LogP contribution in [0.5, 0.6) is 5.75 Å². The Morgan fingerprint density at radius 1 is 1.11 bits per heavy atom. The van der Waals surface area contributed by atoms with Gasteiger partial charge in [-0.25, -0.2) is 4.79 Å². The Morgan fingerprint density at radius 2 is 1.87 bits per heavy atom. The predicted octanol–water partition coefficient (Wildman–Crippen LogP) is 4.98. The Balaban J connectivity index is 1.43. The topological polar surface area (TPSA) is 139 Å². The van der Waals surface area contributed by atoms with Gasteiger partial charge in [-0.3, -0.25) is 19.6 Å². The number of ether oxygens (including phenoxy) is 2. The lowest BCUT2D eigenvalue weighted by Gasteiger charge is -2.10. The van der Waals surface area contributed by atoms with Crippen molar-refractivity contribution >= 4 is 23.3 Å². The maximum atomic E-state index is 12.9. The third-order valence-corrected chi connectivity index (χ3v) is 5.99. The number of rotatable bonds is 9. The minimum Gasteiger partial charge on any atom is -0.486 e. The van der Waals surface area contributed by atoms with E-state index in [2.05, 4.69) is 10.4 Å². The molecule has 2 aromatic carbocycles. The molecule has 0 saturated heterocycles. The van der Waals surface area contributed by atoms with Gasteiger partial charge in [-0.2, -0.15) is 5.10 Å². The number of aromatic nitrogens is 2. The summed E-state index contributed by atoms with van der Waals surface area (Å²) in [5, 5.41) is 18.4. The summed E-state index contributed by atoms with van der Waals surface area (Å²) in [6, 6.07) is 14.7. The van der Waals surface area contributed by atoms with Gasteiger partial charge >= 0.3 is 5.97 Å².